The van der Waals surface area contributed by atoms with E-state index in [-0.39, 0.29) is 10.8 Å². The molecule has 0 bridgehead atoms. The molecule has 2 aliphatic rings. The summed E-state index contributed by atoms with van der Waals surface area (Å²) in [7, 11) is -6.38. The molecule has 0 aromatic carbocycles. The Hall–Kier alpha value is 0.371. The number of hydrogen-bond donors (Lipinski definition) is 0. The minimum atomic E-state index is -2.28. The van der Waals surface area contributed by atoms with E-state index >= 15 is 0 Å². The maximum atomic E-state index is 6.67. The normalized spacial score (nSPS) is 20.1. The Bertz CT molecular complexity index is 582. The molecule has 2 fully saturated rings. The van der Waals surface area contributed by atoms with Crippen LogP contribution < -0.4 is 0 Å². The van der Waals surface area contributed by atoms with Crippen LogP contribution in [0.2, 0.25) is 45.3 Å². The standard InChI is InChI=1S/C24H52O7Si3/c1-9-23(19-27-20-23)17-25-13-11-15-29-33(5,6)31-34(7,8)30-32(3,4)16-12-14-26-18-24(10-2)21-28-22-24/h9-22H2,1-8H3. The highest BCUT2D eigenvalue weighted by Gasteiger charge is 2.41. The van der Waals surface area contributed by atoms with Crippen LogP contribution in [0.25, 0.3) is 0 Å². The molecule has 0 atom stereocenters. The van der Waals surface area contributed by atoms with Crippen molar-refractivity contribution in [1.82, 2.24) is 0 Å². The average molecular weight is 537 g/mol. The highest BCUT2D eigenvalue weighted by molar-refractivity contribution is 6.86. The van der Waals surface area contributed by atoms with Crippen LogP contribution in [0.1, 0.15) is 39.5 Å². The van der Waals surface area contributed by atoms with Crippen LogP contribution in [0.5, 0.6) is 0 Å². The first kappa shape index (κ1) is 30.6. The van der Waals surface area contributed by atoms with Crippen molar-refractivity contribution in [3.63, 3.8) is 0 Å². The van der Waals surface area contributed by atoms with Gasteiger partial charge in [-0.25, -0.2) is 0 Å². The molecule has 2 aliphatic heterocycles. The van der Waals surface area contributed by atoms with Gasteiger partial charge >= 0.3 is 17.1 Å². The molecule has 0 unspecified atom stereocenters. The van der Waals surface area contributed by atoms with Crippen LogP contribution in [0, 0.1) is 10.8 Å². The van der Waals surface area contributed by atoms with Gasteiger partial charge in [-0.3, -0.25) is 0 Å². The summed E-state index contributed by atoms with van der Waals surface area (Å²) < 4.78 is 42.0. The van der Waals surface area contributed by atoms with Gasteiger partial charge in [-0.2, -0.15) is 0 Å². The Balaban J connectivity index is 1.60. The summed E-state index contributed by atoms with van der Waals surface area (Å²) in [6, 6.07) is 1.08. The Morgan fingerprint density at radius 1 is 0.647 bits per heavy atom. The SMILES string of the molecule is CCC1(COCCCO[Si](C)(C)O[Si](C)(C)O[Si](C)(C)CCCOCC2(CC)COC2)COC1. The van der Waals surface area contributed by atoms with Crippen molar-refractivity contribution >= 4 is 25.4 Å². The first-order chi connectivity index (χ1) is 15.9. The topological polar surface area (TPSA) is 64.6 Å². The van der Waals surface area contributed by atoms with Crippen LogP contribution in [-0.2, 0) is 31.6 Å². The number of rotatable bonds is 19. The lowest BCUT2D eigenvalue weighted by atomic mass is 9.84. The molecule has 0 N–H and O–H groups in total. The zero-order valence-corrected chi connectivity index (χ0v) is 26.3. The van der Waals surface area contributed by atoms with Crippen LogP contribution in [0.15, 0.2) is 0 Å². The van der Waals surface area contributed by atoms with Crippen molar-refractivity contribution in [2.45, 2.75) is 84.9 Å². The molecule has 0 aliphatic carbocycles. The lowest BCUT2D eigenvalue weighted by Crippen LogP contribution is -2.53. The lowest BCUT2D eigenvalue weighted by molar-refractivity contribution is -0.150. The molecule has 0 aromatic rings. The third kappa shape index (κ3) is 10.4. The molecule has 0 spiro atoms. The van der Waals surface area contributed by atoms with E-state index in [4.69, 9.17) is 31.6 Å². The van der Waals surface area contributed by atoms with E-state index in [1.807, 2.05) is 0 Å². The quantitative estimate of drug-likeness (QED) is 0.164. The van der Waals surface area contributed by atoms with Crippen molar-refractivity contribution in [1.29, 1.82) is 0 Å². The molecule has 2 saturated heterocycles. The van der Waals surface area contributed by atoms with Gasteiger partial charge < -0.3 is 31.6 Å². The number of hydrogen-bond acceptors (Lipinski definition) is 7. The Labute approximate surface area is 212 Å². The third-order valence-electron chi connectivity index (χ3n) is 6.91. The second-order valence-electron chi connectivity index (χ2n) is 11.9. The van der Waals surface area contributed by atoms with Gasteiger partial charge in [0.2, 0.25) is 0 Å². The summed E-state index contributed by atoms with van der Waals surface area (Å²) in [5.41, 5.74) is 0.509. The van der Waals surface area contributed by atoms with Crippen LogP contribution in [-0.4, -0.2) is 84.9 Å². The number of ether oxygens (including phenoxy) is 4. The molecular formula is C24H52O7Si3. The minimum Gasteiger partial charge on any atom is -0.436 e. The summed E-state index contributed by atoms with van der Waals surface area (Å²) in [6.07, 6.45) is 4.15. The smallest absolute Gasteiger partial charge is 0.322 e. The molecule has 7 nitrogen and oxygen atoms in total. The third-order valence-corrected chi connectivity index (χ3v) is 17.5. The van der Waals surface area contributed by atoms with Gasteiger partial charge in [-0.15, -0.1) is 0 Å². The van der Waals surface area contributed by atoms with Crippen LogP contribution in [0.4, 0.5) is 0 Å². The largest absolute Gasteiger partial charge is 0.436 e. The maximum absolute atomic E-state index is 6.67. The van der Waals surface area contributed by atoms with Crippen molar-refractivity contribution in [2.24, 2.45) is 10.8 Å². The van der Waals surface area contributed by atoms with Crippen molar-refractivity contribution in [3.05, 3.63) is 0 Å². The van der Waals surface area contributed by atoms with E-state index in [0.29, 0.717) is 6.61 Å². The van der Waals surface area contributed by atoms with Crippen molar-refractivity contribution in [2.75, 3.05) is 59.5 Å². The fourth-order valence-corrected chi connectivity index (χ4v) is 17.5. The fourth-order valence-electron chi connectivity index (χ4n) is 4.58. The summed E-state index contributed by atoms with van der Waals surface area (Å²) >= 11 is 0. The molecule has 2 rings (SSSR count). The predicted octanol–water partition coefficient (Wildman–Crippen LogP) is 5.31. The van der Waals surface area contributed by atoms with E-state index in [1.165, 1.54) is 0 Å². The van der Waals surface area contributed by atoms with E-state index in [0.717, 1.165) is 84.6 Å². The molecule has 10 heteroatoms. The first-order valence-electron chi connectivity index (χ1n) is 13.2. The van der Waals surface area contributed by atoms with Gasteiger partial charge in [0, 0.05) is 30.7 Å². The molecule has 0 aromatic heterocycles. The van der Waals surface area contributed by atoms with Gasteiger partial charge in [0.25, 0.3) is 0 Å². The fraction of sp³-hybridized carbons (Fsp3) is 1.00. The molecular weight excluding hydrogens is 485 g/mol. The second kappa shape index (κ2) is 13.3. The van der Waals surface area contributed by atoms with Crippen molar-refractivity contribution in [3.8, 4) is 0 Å². The average Bonchev–Trinajstić information content (AvgIpc) is 2.66. The summed E-state index contributed by atoms with van der Waals surface area (Å²) in [6.45, 7) is 24.7. The molecule has 202 valence electrons. The molecule has 2 heterocycles. The summed E-state index contributed by atoms with van der Waals surface area (Å²) in [5.74, 6) is 0. The zero-order chi connectivity index (χ0) is 25.3. The molecule has 0 amide bonds. The van der Waals surface area contributed by atoms with Gasteiger partial charge in [-0.1, -0.05) is 13.8 Å². The lowest BCUT2D eigenvalue weighted by Gasteiger charge is -2.40. The van der Waals surface area contributed by atoms with Gasteiger partial charge in [0.05, 0.1) is 39.6 Å². The highest BCUT2D eigenvalue weighted by atomic mass is 28.5. The Morgan fingerprint density at radius 3 is 1.59 bits per heavy atom. The second-order valence-corrected chi connectivity index (χ2v) is 23.4. The Morgan fingerprint density at radius 2 is 1.15 bits per heavy atom. The van der Waals surface area contributed by atoms with Gasteiger partial charge in [-0.05, 0) is 71.0 Å². The first-order valence-corrected chi connectivity index (χ1v) is 22.0. The van der Waals surface area contributed by atoms with E-state index < -0.39 is 25.4 Å². The van der Waals surface area contributed by atoms with E-state index in [2.05, 4.69) is 53.1 Å². The predicted molar refractivity (Wildman–Crippen MR) is 143 cm³/mol. The highest BCUT2D eigenvalue weighted by Crippen LogP contribution is 2.32. The molecule has 0 saturated carbocycles. The van der Waals surface area contributed by atoms with Gasteiger partial charge in [0.15, 0.2) is 8.32 Å². The molecule has 0 radical (unpaired) electrons. The van der Waals surface area contributed by atoms with Crippen molar-refractivity contribution < 1.29 is 31.6 Å². The summed E-state index contributed by atoms with van der Waals surface area (Å²) in [5, 5.41) is 0. The van der Waals surface area contributed by atoms with Crippen LogP contribution in [0.3, 0.4) is 0 Å². The Kier molecular flexibility index (Phi) is 11.9. The molecule has 34 heavy (non-hydrogen) atoms. The minimum absolute atomic E-state index is 0.247. The zero-order valence-electron chi connectivity index (χ0n) is 23.3. The monoisotopic (exact) mass is 536 g/mol. The maximum Gasteiger partial charge on any atom is 0.322 e. The van der Waals surface area contributed by atoms with E-state index in [1.54, 1.807) is 0 Å². The van der Waals surface area contributed by atoms with Gasteiger partial charge in [0.1, 0.15) is 0 Å². The van der Waals surface area contributed by atoms with E-state index in [9.17, 15) is 0 Å². The van der Waals surface area contributed by atoms with Crippen LogP contribution >= 0.6 is 0 Å². The summed E-state index contributed by atoms with van der Waals surface area (Å²) in [4.78, 5) is 0.